The summed E-state index contributed by atoms with van der Waals surface area (Å²) in [7, 11) is 4.77. The predicted octanol–water partition coefficient (Wildman–Crippen LogP) is 0.502. The van der Waals surface area contributed by atoms with E-state index in [4.69, 9.17) is 9.47 Å². The topological polar surface area (TPSA) is 84.1 Å². The molecule has 0 amide bonds. The van der Waals surface area contributed by atoms with Crippen LogP contribution in [0.5, 0.6) is 0 Å². The fraction of sp³-hybridized carbons (Fsp3) is 0.500. The molecule has 0 saturated carbocycles. The molecule has 8 nitrogen and oxygen atoms in total. The van der Waals surface area contributed by atoms with E-state index in [0.29, 0.717) is 18.8 Å². The predicted molar refractivity (Wildman–Crippen MR) is 70.1 cm³/mol. The maximum absolute atomic E-state index is 11.8. The molecule has 0 spiro atoms. The summed E-state index contributed by atoms with van der Waals surface area (Å²) in [6.07, 6.45) is 4.24. The van der Waals surface area contributed by atoms with Crippen LogP contribution in [-0.4, -0.2) is 51.6 Å². The fourth-order valence-electron chi connectivity index (χ4n) is 1.89. The Balaban J connectivity index is 2.37. The van der Waals surface area contributed by atoms with Crippen LogP contribution in [0.1, 0.15) is 16.9 Å². The van der Waals surface area contributed by atoms with E-state index in [2.05, 4.69) is 15.4 Å². The lowest BCUT2D eigenvalue weighted by atomic mass is 10.2. The lowest BCUT2D eigenvalue weighted by Crippen LogP contribution is -2.07. The van der Waals surface area contributed by atoms with E-state index in [1.54, 1.807) is 35.9 Å². The first-order chi connectivity index (χ1) is 9.67. The van der Waals surface area contributed by atoms with Crippen LogP contribution in [0.25, 0.3) is 11.3 Å². The highest BCUT2D eigenvalue weighted by atomic mass is 16.5. The number of esters is 1. The van der Waals surface area contributed by atoms with Gasteiger partial charge in [-0.1, -0.05) is 5.21 Å². The van der Waals surface area contributed by atoms with Gasteiger partial charge in [0.05, 0.1) is 13.3 Å². The van der Waals surface area contributed by atoms with Crippen molar-refractivity contribution < 1.29 is 14.3 Å². The zero-order valence-electron chi connectivity index (χ0n) is 11.7. The standard InChI is InChI=1S/C12H17N5O3/c1-16-8-9(7-13-16)11-10(12(18)20-3)14-15-17(11)5-4-6-19-2/h7-8H,4-6H2,1-3H3. The second-order valence-electron chi connectivity index (χ2n) is 4.25. The summed E-state index contributed by atoms with van der Waals surface area (Å²) in [5.74, 6) is -0.512. The number of rotatable bonds is 6. The van der Waals surface area contributed by atoms with Crippen molar-refractivity contribution in [2.24, 2.45) is 7.05 Å². The molecule has 2 aromatic rings. The van der Waals surface area contributed by atoms with Gasteiger partial charge in [-0.25, -0.2) is 9.48 Å². The first-order valence-corrected chi connectivity index (χ1v) is 6.17. The van der Waals surface area contributed by atoms with Crippen molar-refractivity contribution in [3.05, 3.63) is 18.1 Å². The minimum Gasteiger partial charge on any atom is -0.464 e. The third kappa shape index (κ3) is 2.85. The summed E-state index contributed by atoms with van der Waals surface area (Å²) in [4.78, 5) is 11.8. The monoisotopic (exact) mass is 279 g/mol. The molecule has 0 atom stereocenters. The summed E-state index contributed by atoms with van der Waals surface area (Å²) in [6, 6.07) is 0. The molecule has 0 fully saturated rings. The summed E-state index contributed by atoms with van der Waals surface area (Å²) >= 11 is 0. The minimum atomic E-state index is -0.512. The Morgan fingerprint density at radius 2 is 2.20 bits per heavy atom. The molecule has 2 heterocycles. The van der Waals surface area contributed by atoms with Crippen LogP contribution < -0.4 is 0 Å². The van der Waals surface area contributed by atoms with Gasteiger partial charge in [0.15, 0.2) is 5.69 Å². The number of carbonyl (C=O) groups excluding carboxylic acids is 1. The van der Waals surface area contributed by atoms with Gasteiger partial charge in [0.2, 0.25) is 0 Å². The zero-order valence-corrected chi connectivity index (χ0v) is 11.7. The summed E-state index contributed by atoms with van der Waals surface area (Å²) < 4.78 is 13.1. The number of nitrogens with zero attached hydrogens (tertiary/aromatic N) is 5. The SMILES string of the molecule is COCCCn1nnc(C(=O)OC)c1-c1cnn(C)c1. The van der Waals surface area contributed by atoms with Gasteiger partial charge in [-0.3, -0.25) is 4.68 Å². The van der Waals surface area contributed by atoms with Crippen LogP contribution in [0, 0.1) is 0 Å². The highest BCUT2D eigenvalue weighted by Gasteiger charge is 2.22. The average Bonchev–Trinajstić information content (AvgIpc) is 3.04. The molecule has 0 bridgehead atoms. The van der Waals surface area contributed by atoms with Crippen molar-refractivity contribution in [3.8, 4) is 11.3 Å². The molecule has 0 saturated heterocycles. The molecule has 0 aliphatic heterocycles. The van der Waals surface area contributed by atoms with Crippen molar-refractivity contribution in [2.75, 3.05) is 20.8 Å². The van der Waals surface area contributed by atoms with Crippen molar-refractivity contribution in [3.63, 3.8) is 0 Å². The molecule has 2 rings (SSSR count). The molecule has 0 unspecified atom stereocenters. The Morgan fingerprint density at radius 1 is 1.40 bits per heavy atom. The van der Waals surface area contributed by atoms with Crippen molar-refractivity contribution in [1.29, 1.82) is 0 Å². The third-order valence-electron chi connectivity index (χ3n) is 2.81. The van der Waals surface area contributed by atoms with E-state index in [0.717, 1.165) is 12.0 Å². The maximum Gasteiger partial charge on any atom is 0.360 e. The number of aryl methyl sites for hydroxylation is 2. The second kappa shape index (κ2) is 6.29. The molecule has 20 heavy (non-hydrogen) atoms. The maximum atomic E-state index is 11.8. The summed E-state index contributed by atoms with van der Waals surface area (Å²) in [5.41, 5.74) is 1.58. The third-order valence-corrected chi connectivity index (χ3v) is 2.81. The molecule has 108 valence electrons. The van der Waals surface area contributed by atoms with Gasteiger partial charge >= 0.3 is 5.97 Å². The van der Waals surface area contributed by atoms with Gasteiger partial charge in [-0.2, -0.15) is 5.10 Å². The van der Waals surface area contributed by atoms with Gasteiger partial charge in [-0.15, -0.1) is 5.10 Å². The van der Waals surface area contributed by atoms with E-state index in [9.17, 15) is 4.79 Å². The molecule has 0 aliphatic rings. The highest BCUT2D eigenvalue weighted by molar-refractivity contribution is 5.93. The van der Waals surface area contributed by atoms with E-state index in [1.807, 2.05) is 0 Å². The summed E-state index contributed by atoms with van der Waals surface area (Å²) in [5, 5.41) is 12.0. The highest BCUT2D eigenvalue weighted by Crippen LogP contribution is 2.22. The van der Waals surface area contributed by atoms with Gasteiger partial charge < -0.3 is 9.47 Å². The van der Waals surface area contributed by atoms with Crippen LogP contribution in [0.2, 0.25) is 0 Å². The quantitative estimate of drug-likeness (QED) is 0.565. The average molecular weight is 279 g/mol. The molecular formula is C12H17N5O3. The van der Waals surface area contributed by atoms with Crippen LogP contribution in [0.3, 0.4) is 0 Å². The Labute approximate surface area is 116 Å². The normalized spacial score (nSPS) is 10.8. The molecule has 0 aliphatic carbocycles. The van der Waals surface area contributed by atoms with Crippen LogP contribution >= 0.6 is 0 Å². The lowest BCUT2D eigenvalue weighted by Gasteiger charge is -2.05. The van der Waals surface area contributed by atoms with Crippen LogP contribution in [0.15, 0.2) is 12.4 Å². The van der Waals surface area contributed by atoms with Crippen molar-refractivity contribution >= 4 is 5.97 Å². The van der Waals surface area contributed by atoms with Crippen molar-refractivity contribution in [1.82, 2.24) is 24.8 Å². The first-order valence-electron chi connectivity index (χ1n) is 6.17. The smallest absolute Gasteiger partial charge is 0.360 e. The molecule has 0 radical (unpaired) electrons. The number of ether oxygens (including phenoxy) is 2. The fourth-order valence-corrected chi connectivity index (χ4v) is 1.89. The van der Waals surface area contributed by atoms with E-state index in [-0.39, 0.29) is 5.69 Å². The largest absolute Gasteiger partial charge is 0.464 e. The number of hydrogen-bond acceptors (Lipinski definition) is 6. The molecule has 2 aromatic heterocycles. The molecule has 0 aromatic carbocycles. The van der Waals surface area contributed by atoms with Gasteiger partial charge in [-0.05, 0) is 6.42 Å². The van der Waals surface area contributed by atoms with E-state index >= 15 is 0 Å². The molecule has 0 N–H and O–H groups in total. The van der Waals surface area contributed by atoms with Crippen LogP contribution in [0.4, 0.5) is 0 Å². The second-order valence-corrected chi connectivity index (χ2v) is 4.25. The van der Waals surface area contributed by atoms with Gasteiger partial charge in [0.25, 0.3) is 0 Å². The Hall–Kier alpha value is -2.22. The molecule has 8 heteroatoms. The Bertz CT molecular complexity index is 590. The summed E-state index contributed by atoms with van der Waals surface area (Å²) in [6.45, 7) is 1.21. The Kier molecular flexibility index (Phi) is 4.46. The van der Waals surface area contributed by atoms with Gasteiger partial charge in [0, 0.05) is 39.1 Å². The number of methoxy groups -OCH3 is 2. The van der Waals surface area contributed by atoms with E-state index in [1.165, 1.54) is 7.11 Å². The van der Waals surface area contributed by atoms with Crippen LogP contribution in [-0.2, 0) is 23.1 Å². The number of hydrogen-bond donors (Lipinski definition) is 0. The zero-order chi connectivity index (χ0) is 14.5. The first kappa shape index (κ1) is 14.2. The lowest BCUT2D eigenvalue weighted by molar-refractivity contribution is 0.0595. The van der Waals surface area contributed by atoms with Gasteiger partial charge in [0.1, 0.15) is 5.69 Å². The minimum absolute atomic E-state index is 0.193. The number of aromatic nitrogens is 5. The van der Waals surface area contributed by atoms with Crippen molar-refractivity contribution in [2.45, 2.75) is 13.0 Å². The number of carbonyl (C=O) groups is 1. The van der Waals surface area contributed by atoms with E-state index < -0.39 is 5.97 Å². The Morgan fingerprint density at radius 3 is 2.80 bits per heavy atom. The molecular weight excluding hydrogens is 262 g/mol.